The van der Waals surface area contributed by atoms with Crippen LogP contribution in [0, 0.1) is 0 Å². The number of aromatic nitrogens is 5. The summed E-state index contributed by atoms with van der Waals surface area (Å²) in [7, 11) is 0. The Morgan fingerprint density at radius 2 is 0.729 bits per heavy atom. The molecule has 0 saturated carbocycles. The number of benzene rings is 9. The summed E-state index contributed by atoms with van der Waals surface area (Å²) >= 11 is 0. The molecular weight excluding hydrogens is 851 g/mol. The Bertz CT molecular complexity index is 3950. The molecule has 0 N–H and O–H groups in total. The van der Waals surface area contributed by atoms with E-state index in [0.29, 0.717) is 17.6 Å². The van der Waals surface area contributed by atoms with Crippen molar-refractivity contribution in [3.8, 4) is 67.8 Å². The zero-order valence-electron chi connectivity index (χ0n) is 39.9. The van der Waals surface area contributed by atoms with E-state index in [1.165, 1.54) is 62.6 Å². The first-order chi connectivity index (χ1) is 34.2. The monoisotopic (exact) mass is 901 g/mol. The maximum absolute atomic E-state index is 5.30. The number of rotatable bonds is 7. The van der Waals surface area contributed by atoms with Gasteiger partial charge in [0.25, 0.3) is 0 Å². The summed E-state index contributed by atoms with van der Waals surface area (Å²) in [5.41, 5.74) is 17.9. The Balaban J connectivity index is 0.922. The van der Waals surface area contributed by atoms with Gasteiger partial charge in [0.15, 0.2) is 11.6 Å². The van der Waals surface area contributed by atoms with Gasteiger partial charge in [-0.1, -0.05) is 204 Å². The van der Waals surface area contributed by atoms with E-state index in [4.69, 9.17) is 15.0 Å². The Labute approximate surface area is 408 Å². The van der Waals surface area contributed by atoms with Crippen molar-refractivity contribution in [2.75, 3.05) is 0 Å². The highest BCUT2D eigenvalue weighted by Gasteiger charge is 2.37. The van der Waals surface area contributed by atoms with Crippen LogP contribution in [0.5, 0.6) is 0 Å². The molecule has 5 nitrogen and oxygen atoms in total. The molecule has 0 aliphatic heterocycles. The summed E-state index contributed by atoms with van der Waals surface area (Å²) < 4.78 is 4.63. The molecule has 336 valence electrons. The zero-order valence-corrected chi connectivity index (χ0v) is 39.9. The van der Waals surface area contributed by atoms with Gasteiger partial charge in [0.05, 0.1) is 22.1 Å². The quantitative estimate of drug-likeness (QED) is 0.160. The van der Waals surface area contributed by atoms with Crippen LogP contribution in [0.15, 0.2) is 212 Å². The minimum absolute atomic E-state index is 0.172. The van der Waals surface area contributed by atoms with Crippen LogP contribution >= 0.6 is 0 Å². The first kappa shape index (κ1) is 41.8. The van der Waals surface area contributed by atoms with E-state index in [-0.39, 0.29) is 10.8 Å². The van der Waals surface area contributed by atoms with E-state index in [9.17, 15) is 0 Å². The van der Waals surface area contributed by atoms with Crippen molar-refractivity contribution in [2.24, 2.45) is 0 Å². The third-order valence-corrected chi connectivity index (χ3v) is 15.1. The van der Waals surface area contributed by atoms with E-state index in [1.807, 2.05) is 24.3 Å². The van der Waals surface area contributed by atoms with Gasteiger partial charge in [0.1, 0.15) is 0 Å². The summed E-state index contributed by atoms with van der Waals surface area (Å²) in [6.45, 7) is 9.59. The standard InChI is InChI=1S/C65H51N5/c1-64(2)37-38-65(3,4)56-39-49(33-36-55(56)64)46-25-23-44(24-26-46)45-31-34-50(35-32-45)69-57-21-13-11-19-51(57)53-40-54-52-20-12-14-22-58(52)70(60(54)41-59(53)69)63-67-61(47-17-9-6-10-18-47)66-62(68-63)48-29-27-43(28-30-48)42-15-7-5-8-16-42/h5-36,39-41H,37-38H2,1-4H3. The highest BCUT2D eigenvalue weighted by Crippen LogP contribution is 2.47. The zero-order chi connectivity index (χ0) is 47.1. The van der Waals surface area contributed by atoms with Gasteiger partial charge in [-0.2, -0.15) is 9.97 Å². The molecule has 1 aliphatic carbocycles. The third kappa shape index (κ3) is 6.95. The van der Waals surface area contributed by atoms with Crippen LogP contribution in [-0.4, -0.2) is 24.1 Å². The minimum Gasteiger partial charge on any atom is -0.309 e. The van der Waals surface area contributed by atoms with Crippen LogP contribution in [0.1, 0.15) is 51.7 Å². The van der Waals surface area contributed by atoms with Crippen LogP contribution in [-0.2, 0) is 10.8 Å². The average molecular weight is 902 g/mol. The van der Waals surface area contributed by atoms with E-state index < -0.39 is 0 Å². The number of hydrogen-bond acceptors (Lipinski definition) is 3. The molecule has 0 atom stereocenters. The van der Waals surface area contributed by atoms with Gasteiger partial charge >= 0.3 is 0 Å². The molecule has 3 aromatic heterocycles. The van der Waals surface area contributed by atoms with E-state index >= 15 is 0 Å². The molecule has 0 amide bonds. The maximum atomic E-state index is 5.30. The largest absolute Gasteiger partial charge is 0.309 e. The van der Waals surface area contributed by atoms with E-state index in [1.54, 1.807) is 0 Å². The molecule has 0 bridgehead atoms. The second-order valence-corrected chi connectivity index (χ2v) is 20.3. The molecule has 3 heterocycles. The number of hydrogen-bond donors (Lipinski definition) is 0. The van der Waals surface area contributed by atoms with E-state index in [2.05, 4.69) is 225 Å². The lowest BCUT2D eigenvalue weighted by molar-refractivity contribution is 0.332. The Morgan fingerprint density at radius 1 is 0.314 bits per heavy atom. The summed E-state index contributed by atoms with van der Waals surface area (Å²) in [4.78, 5) is 15.7. The predicted molar refractivity (Wildman–Crippen MR) is 291 cm³/mol. The van der Waals surface area contributed by atoms with Crippen molar-refractivity contribution >= 4 is 43.6 Å². The lowest BCUT2D eigenvalue weighted by Gasteiger charge is -2.42. The van der Waals surface area contributed by atoms with Crippen molar-refractivity contribution in [3.05, 3.63) is 223 Å². The SMILES string of the molecule is CC1(C)CCC(C)(C)c2cc(-c3ccc(-c4ccc(-n5c6ccccc6c6cc7c8ccccc8n(-c8nc(-c9ccccc9)nc(-c9ccc(-c%10ccccc%10)cc9)n8)c7cc65)cc4)cc3)ccc21. The molecule has 0 saturated heterocycles. The van der Waals surface area contributed by atoms with Gasteiger partial charge in [0.2, 0.25) is 5.95 Å². The van der Waals surface area contributed by atoms with Crippen LogP contribution in [0.3, 0.4) is 0 Å². The molecule has 0 spiro atoms. The maximum Gasteiger partial charge on any atom is 0.238 e. The molecule has 70 heavy (non-hydrogen) atoms. The molecule has 0 radical (unpaired) electrons. The fourth-order valence-electron chi connectivity index (χ4n) is 11.1. The summed E-state index contributed by atoms with van der Waals surface area (Å²) in [5, 5.41) is 4.68. The molecule has 1 aliphatic rings. The summed E-state index contributed by atoms with van der Waals surface area (Å²) in [5.74, 6) is 1.81. The van der Waals surface area contributed by atoms with Gasteiger partial charge in [-0.3, -0.25) is 4.57 Å². The second-order valence-electron chi connectivity index (χ2n) is 20.3. The molecule has 13 rings (SSSR count). The average Bonchev–Trinajstić information content (AvgIpc) is 3.91. The lowest BCUT2D eigenvalue weighted by Crippen LogP contribution is -2.33. The molecule has 0 unspecified atom stereocenters. The summed E-state index contributed by atoms with van der Waals surface area (Å²) in [6, 6.07) is 76.5. The molecule has 5 heteroatoms. The van der Waals surface area contributed by atoms with Crippen LogP contribution in [0.2, 0.25) is 0 Å². The predicted octanol–water partition coefficient (Wildman–Crippen LogP) is 16.7. The second kappa shape index (κ2) is 16.1. The van der Waals surface area contributed by atoms with Gasteiger partial charge in [0, 0.05) is 38.4 Å². The van der Waals surface area contributed by atoms with Gasteiger partial charge in [-0.25, -0.2) is 4.98 Å². The van der Waals surface area contributed by atoms with Crippen LogP contribution in [0.25, 0.3) is 111 Å². The molecule has 12 aromatic rings. The van der Waals surface area contributed by atoms with Crippen LogP contribution < -0.4 is 0 Å². The van der Waals surface area contributed by atoms with Crippen molar-refractivity contribution < 1.29 is 0 Å². The fraction of sp³-hybridized carbons (Fsp3) is 0.123. The van der Waals surface area contributed by atoms with Crippen molar-refractivity contribution in [1.29, 1.82) is 0 Å². The first-order valence-corrected chi connectivity index (χ1v) is 24.5. The van der Waals surface area contributed by atoms with Gasteiger partial charge in [-0.05, 0) is 105 Å². The molecular formula is C65H51N5. The molecule has 0 fully saturated rings. The van der Waals surface area contributed by atoms with Gasteiger partial charge in [-0.15, -0.1) is 0 Å². The van der Waals surface area contributed by atoms with Crippen molar-refractivity contribution in [1.82, 2.24) is 24.1 Å². The summed E-state index contributed by atoms with van der Waals surface area (Å²) in [6.07, 6.45) is 2.43. The number of nitrogens with zero attached hydrogens (tertiary/aromatic N) is 5. The minimum atomic E-state index is 0.172. The topological polar surface area (TPSA) is 48.5 Å². The smallest absolute Gasteiger partial charge is 0.238 e. The Kier molecular flexibility index (Phi) is 9.60. The first-order valence-electron chi connectivity index (χ1n) is 24.5. The fourth-order valence-corrected chi connectivity index (χ4v) is 11.1. The lowest BCUT2D eigenvalue weighted by atomic mass is 9.63. The Hall–Kier alpha value is -8.41. The van der Waals surface area contributed by atoms with Crippen molar-refractivity contribution in [2.45, 2.75) is 51.4 Å². The highest BCUT2D eigenvalue weighted by atomic mass is 15.2. The van der Waals surface area contributed by atoms with E-state index in [0.717, 1.165) is 55.2 Å². The molecule has 9 aromatic carbocycles. The Morgan fingerprint density at radius 3 is 1.31 bits per heavy atom. The van der Waals surface area contributed by atoms with Crippen molar-refractivity contribution in [3.63, 3.8) is 0 Å². The third-order valence-electron chi connectivity index (χ3n) is 15.1. The highest BCUT2D eigenvalue weighted by molar-refractivity contribution is 6.19. The van der Waals surface area contributed by atoms with Crippen LogP contribution in [0.4, 0.5) is 0 Å². The number of para-hydroxylation sites is 2. The number of fused-ring (bicyclic) bond motifs is 7. The normalized spacial score (nSPS) is 14.1. The van der Waals surface area contributed by atoms with Gasteiger partial charge < -0.3 is 4.57 Å².